The molecule has 1 aliphatic rings. The number of amides is 1. The number of nitrogens with zero attached hydrogens (tertiary/aromatic N) is 6. The molecule has 0 aliphatic carbocycles. The molecular weight excluding hydrogens is 465 g/mol. The van der Waals surface area contributed by atoms with Crippen LogP contribution in [0.15, 0.2) is 48.8 Å². The minimum absolute atomic E-state index is 0.0136. The average Bonchev–Trinajstić information content (AvgIpc) is 3.29. The molecule has 3 aromatic rings. The van der Waals surface area contributed by atoms with Crippen molar-refractivity contribution in [3.63, 3.8) is 0 Å². The number of piperazine rings is 1. The predicted molar refractivity (Wildman–Crippen MR) is 122 cm³/mol. The van der Waals surface area contributed by atoms with Gasteiger partial charge in [0.05, 0.1) is 27.9 Å². The van der Waals surface area contributed by atoms with Crippen LogP contribution in [0.25, 0.3) is 5.82 Å². The van der Waals surface area contributed by atoms with Gasteiger partial charge in [-0.25, -0.2) is 9.67 Å². The summed E-state index contributed by atoms with van der Waals surface area (Å²) in [5.41, 5.74) is 0.546. The van der Waals surface area contributed by atoms with E-state index in [0.717, 1.165) is 12.3 Å². The van der Waals surface area contributed by atoms with Crippen LogP contribution in [0.4, 0.5) is 24.5 Å². The first-order chi connectivity index (χ1) is 16.6. The largest absolute Gasteiger partial charge is 0.417 e. The van der Waals surface area contributed by atoms with Crippen molar-refractivity contribution < 1.29 is 22.9 Å². The smallest absolute Gasteiger partial charge is 0.362 e. The van der Waals surface area contributed by atoms with Gasteiger partial charge in [0.1, 0.15) is 5.69 Å². The summed E-state index contributed by atoms with van der Waals surface area (Å²) < 4.78 is 40.1. The first-order valence-corrected chi connectivity index (χ1v) is 11.0. The van der Waals surface area contributed by atoms with E-state index in [1.807, 2.05) is 18.7 Å². The van der Waals surface area contributed by atoms with Crippen molar-refractivity contribution in [2.45, 2.75) is 25.9 Å². The number of halogens is 3. The second kappa shape index (κ2) is 9.35. The molecule has 0 bridgehead atoms. The van der Waals surface area contributed by atoms with Crippen LogP contribution in [0.3, 0.4) is 0 Å². The van der Waals surface area contributed by atoms with E-state index in [1.165, 1.54) is 23.0 Å². The Hall–Kier alpha value is -3.96. The molecule has 0 radical (unpaired) electrons. The maximum Gasteiger partial charge on any atom is 0.417 e. The van der Waals surface area contributed by atoms with E-state index in [1.54, 1.807) is 23.1 Å². The molecule has 0 saturated carbocycles. The number of hydrogen-bond acceptors (Lipinski definition) is 6. The first kappa shape index (κ1) is 24.2. The van der Waals surface area contributed by atoms with Crippen molar-refractivity contribution in [2.75, 3.05) is 31.1 Å². The maximum absolute atomic E-state index is 13.4. The highest BCUT2D eigenvalue weighted by Gasteiger charge is 2.32. The highest BCUT2D eigenvalue weighted by molar-refractivity contribution is 5.95. The van der Waals surface area contributed by atoms with Crippen LogP contribution in [0.1, 0.15) is 41.4 Å². The second-order valence-electron chi connectivity index (χ2n) is 8.44. The standard InChI is InChI=1S/C23H23F3N6O3/c1-15(2)21-17(14-28-31(21)20-8-7-16(13-27-20)23(24,25)26)22(33)30-11-9-29(10-12-30)18-5-3-4-6-19(18)32(34)35/h3-8,13-15H,9-12H2,1-2H3. The number of para-hydroxylation sites is 2. The van der Waals surface area contributed by atoms with Crippen LogP contribution in [0.5, 0.6) is 0 Å². The van der Waals surface area contributed by atoms with Crippen LogP contribution in [-0.2, 0) is 6.18 Å². The van der Waals surface area contributed by atoms with Gasteiger partial charge in [0, 0.05) is 38.4 Å². The number of nitro groups is 1. The van der Waals surface area contributed by atoms with E-state index >= 15 is 0 Å². The van der Waals surface area contributed by atoms with Crippen molar-refractivity contribution in [1.29, 1.82) is 0 Å². The van der Waals surface area contributed by atoms with Crippen molar-refractivity contribution in [1.82, 2.24) is 19.7 Å². The summed E-state index contributed by atoms with van der Waals surface area (Å²) in [5.74, 6) is -0.232. The third kappa shape index (κ3) is 4.81. The molecule has 35 heavy (non-hydrogen) atoms. The molecule has 2 aromatic heterocycles. The summed E-state index contributed by atoms with van der Waals surface area (Å²) in [6.07, 6.45) is -2.35. The third-order valence-electron chi connectivity index (χ3n) is 5.86. The number of hydrogen-bond donors (Lipinski definition) is 0. The lowest BCUT2D eigenvalue weighted by Gasteiger charge is -2.35. The third-order valence-corrected chi connectivity index (χ3v) is 5.86. The number of pyridine rings is 1. The van der Waals surface area contributed by atoms with Gasteiger partial charge in [-0.15, -0.1) is 0 Å². The molecule has 0 spiro atoms. The summed E-state index contributed by atoms with van der Waals surface area (Å²) >= 11 is 0. The van der Waals surface area contributed by atoms with Gasteiger partial charge >= 0.3 is 6.18 Å². The number of benzene rings is 1. The summed E-state index contributed by atoms with van der Waals surface area (Å²) in [7, 11) is 0. The summed E-state index contributed by atoms with van der Waals surface area (Å²) in [5, 5.41) is 15.6. The fraction of sp³-hybridized carbons (Fsp3) is 0.348. The van der Waals surface area contributed by atoms with Crippen molar-refractivity contribution >= 4 is 17.3 Å². The molecule has 3 heterocycles. The van der Waals surface area contributed by atoms with Crippen LogP contribution >= 0.6 is 0 Å². The molecule has 1 fully saturated rings. The molecule has 1 aliphatic heterocycles. The number of rotatable bonds is 5. The fourth-order valence-electron chi connectivity index (χ4n) is 4.15. The summed E-state index contributed by atoms with van der Waals surface area (Å²) in [6.45, 7) is 5.27. The molecule has 0 unspecified atom stereocenters. The summed E-state index contributed by atoms with van der Waals surface area (Å²) in [4.78, 5) is 31.7. The number of nitro benzene ring substituents is 1. The van der Waals surface area contributed by atoms with Crippen molar-refractivity contribution in [3.05, 3.63) is 75.7 Å². The SMILES string of the molecule is CC(C)c1c(C(=O)N2CCN(c3ccccc3[N+](=O)[O-])CC2)cnn1-c1ccc(C(F)(F)F)cn1. The normalized spacial score (nSPS) is 14.5. The van der Waals surface area contributed by atoms with Gasteiger partial charge in [-0.1, -0.05) is 26.0 Å². The molecule has 9 nitrogen and oxygen atoms in total. The number of carbonyl (C=O) groups excluding carboxylic acids is 1. The number of carbonyl (C=O) groups is 1. The molecule has 0 atom stereocenters. The minimum atomic E-state index is -4.50. The second-order valence-corrected chi connectivity index (χ2v) is 8.44. The Bertz CT molecular complexity index is 1230. The monoisotopic (exact) mass is 488 g/mol. The Morgan fingerprint density at radius 3 is 2.31 bits per heavy atom. The molecule has 184 valence electrons. The molecule has 4 rings (SSSR count). The zero-order valence-corrected chi connectivity index (χ0v) is 19.1. The zero-order chi connectivity index (χ0) is 25.3. The van der Waals surface area contributed by atoms with E-state index in [4.69, 9.17) is 0 Å². The van der Waals surface area contributed by atoms with E-state index in [2.05, 4.69) is 10.1 Å². The molecule has 1 aromatic carbocycles. The van der Waals surface area contributed by atoms with Crippen LogP contribution in [-0.4, -0.2) is 56.7 Å². The Labute approximate surface area is 198 Å². The van der Waals surface area contributed by atoms with Crippen LogP contribution in [0.2, 0.25) is 0 Å². The van der Waals surface area contributed by atoms with Gasteiger partial charge in [0.25, 0.3) is 11.6 Å². The topological polar surface area (TPSA) is 97.4 Å². The molecule has 12 heteroatoms. The number of anilines is 1. The van der Waals surface area contributed by atoms with Crippen LogP contribution < -0.4 is 4.90 Å². The van der Waals surface area contributed by atoms with E-state index < -0.39 is 16.7 Å². The molecule has 0 N–H and O–H groups in total. The molecule has 1 amide bonds. The number of aromatic nitrogens is 3. The number of alkyl halides is 3. The van der Waals surface area contributed by atoms with Gasteiger partial charge in [-0.3, -0.25) is 14.9 Å². The van der Waals surface area contributed by atoms with E-state index in [-0.39, 0.29) is 23.3 Å². The van der Waals surface area contributed by atoms with Gasteiger partial charge in [-0.05, 0) is 24.1 Å². The highest BCUT2D eigenvalue weighted by atomic mass is 19.4. The van der Waals surface area contributed by atoms with Gasteiger partial charge in [0.2, 0.25) is 0 Å². The first-order valence-electron chi connectivity index (χ1n) is 11.0. The Morgan fingerprint density at radius 1 is 1.06 bits per heavy atom. The Kier molecular flexibility index (Phi) is 6.46. The quantitative estimate of drug-likeness (QED) is 0.393. The van der Waals surface area contributed by atoms with Gasteiger partial charge in [-0.2, -0.15) is 18.3 Å². The van der Waals surface area contributed by atoms with Crippen molar-refractivity contribution in [2.24, 2.45) is 0 Å². The van der Waals surface area contributed by atoms with E-state index in [0.29, 0.717) is 43.1 Å². The zero-order valence-electron chi connectivity index (χ0n) is 19.1. The maximum atomic E-state index is 13.4. The lowest BCUT2D eigenvalue weighted by atomic mass is 10.0. The van der Waals surface area contributed by atoms with Gasteiger partial charge in [0.15, 0.2) is 5.82 Å². The summed E-state index contributed by atoms with van der Waals surface area (Å²) in [6, 6.07) is 8.63. The van der Waals surface area contributed by atoms with Crippen LogP contribution in [0, 0.1) is 10.1 Å². The fourth-order valence-corrected chi connectivity index (χ4v) is 4.15. The molecular formula is C23H23F3N6O3. The minimum Gasteiger partial charge on any atom is -0.362 e. The lowest BCUT2D eigenvalue weighted by molar-refractivity contribution is -0.384. The molecule has 1 saturated heterocycles. The van der Waals surface area contributed by atoms with Crippen molar-refractivity contribution in [3.8, 4) is 5.82 Å². The highest BCUT2D eigenvalue weighted by Crippen LogP contribution is 2.31. The Morgan fingerprint density at radius 2 is 1.74 bits per heavy atom. The average molecular weight is 488 g/mol. The Balaban J connectivity index is 1.54. The van der Waals surface area contributed by atoms with Gasteiger partial charge < -0.3 is 9.80 Å². The lowest BCUT2D eigenvalue weighted by Crippen LogP contribution is -2.49. The predicted octanol–water partition coefficient (Wildman–Crippen LogP) is 4.28. The van der Waals surface area contributed by atoms with E-state index in [9.17, 15) is 28.1 Å².